The van der Waals surface area contributed by atoms with Gasteiger partial charge in [-0.1, -0.05) is 30.3 Å². The topological polar surface area (TPSA) is 116 Å². The van der Waals surface area contributed by atoms with Crippen molar-refractivity contribution in [1.82, 2.24) is 25.5 Å². The highest BCUT2D eigenvalue weighted by atomic mass is 32.2. The first kappa shape index (κ1) is 24.5. The molecule has 2 aromatic heterocycles. The molecule has 0 radical (unpaired) electrons. The summed E-state index contributed by atoms with van der Waals surface area (Å²) >= 11 is 1.29. The number of nitrogens with zero attached hydrogens (tertiary/aromatic N) is 4. The van der Waals surface area contributed by atoms with E-state index in [1.165, 1.54) is 22.9 Å². The number of hydrogen-bond donors (Lipinski definition) is 3. The third kappa shape index (κ3) is 6.29. The van der Waals surface area contributed by atoms with Crippen LogP contribution in [0.5, 0.6) is 0 Å². The van der Waals surface area contributed by atoms with Crippen LogP contribution >= 0.6 is 11.8 Å². The van der Waals surface area contributed by atoms with Crippen LogP contribution in [0.1, 0.15) is 28.4 Å². The van der Waals surface area contributed by atoms with Gasteiger partial charge in [0.25, 0.3) is 5.91 Å². The zero-order valence-electron chi connectivity index (χ0n) is 18.6. The molecule has 0 saturated carbocycles. The summed E-state index contributed by atoms with van der Waals surface area (Å²) in [6, 6.07) is 10.3. The van der Waals surface area contributed by atoms with E-state index in [-0.39, 0.29) is 29.8 Å². The van der Waals surface area contributed by atoms with Gasteiger partial charge in [0.05, 0.1) is 18.3 Å². The first-order valence-corrected chi connectivity index (χ1v) is 11.7. The molecule has 0 fully saturated rings. The smallest absolute Gasteiger partial charge is 0.370 e. The van der Waals surface area contributed by atoms with Crippen LogP contribution in [0.4, 0.5) is 24.7 Å². The number of H-pyrrole nitrogens is 1. The van der Waals surface area contributed by atoms with Crippen molar-refractivity contribution in [3.8, 4) is 0 Å². The molecule has 0 unspecified atom stereocenters. The van der Waals surface area contributed by atoms with Crippen LogP contribution in [-0.4, -0.2) is 63.5 Å². The summed E-state index contributed by atoms with van der Waals surface area (Å²) in [5.41, 5.74) is 1.51. The second-order valence-corrected chi connectivity index (χ2v) is 8.89. The van der Waals surface area contributed by atoms with Gasteiger partial charge in [0.15, 0.2) is 0 Å². The van der Waals surface area contributed by atoms with Crippen molar-refractivity contribution in [2.24, 2.45) is 0 Å². The molecule has 4 rings (SSSR count). The SMILES string of the molecule is CN1C(=O)[C@@H](NC(=O)c2n[nH]c(Cc3ccccc3)n2)CSc2cc(NCCC(F)(F)F)ncc21. The molecule has 3 N–H and O–H groups in total. The van der Waals surface area contributed by atoms with Crippen molar-refractivity contribution in [1.29, 1.82) is 0 Å². The third-order valence-electron chi connectivity index (χ3n) is 5.21. The number of carbonyl (C=O) groups is 2. The van der Waals surface area contributed by atoms with E-state index in [9.17, 15) is 22.8 Å². The lowest BCUT2D eigenvalue weighted by Gasteiger charge is -2.21. The quantitative estimate of drug-likeness (QED) is 0.452. The number of aromatic amines is 1. The molecule has 9 nitrogen and oxygen atoms in total. The minimum absolute atomic E-state index is 0.0732. The average molecular weight is 506 g/mol. The standard InChI is InChI=1S/C22H22F3N7O2S/c1-32-15-11-27-17(26-8-7-22(23,24)25)10-16(15)35-12-14(21(32)34)28-20(33)19-29-18(30-31-19)9-13-5-3-2-4-6-13/h2-6,10-11,14H,7-9,12H2,1H3,(H,26,27)(H,28,33)(H,29,30,31)/t14-/m0/s1. The van der Waals surface area contributed by atoms with Crippen molar-refractivity contribution in [3.05, 3.63) is 59.8 Å². The number of aromatic nitrogens is 4. The number of thioether (sulfide) groups is 1. The predicted octanol–water partition coefficient (Wildman–Crippen LogP) is 3.02. The van der Waals surface area contributed by atoms with Crippen LogP contribution in [0.2, 0.25) is 0 Å². The maximum atomic E-state index is 13.0. The van der Waals surface area contributed by atoms with Crippen molar-refractivity contribution in [2.45, 2.75) is 30.0 Å². The van der Waals surface area contributed by atoms with Crippen LogP contribution in [0.15, 0.2) is 47.5 Å². The molecule has 0 spiro atoms. The second kappa shape index (κ2) is 10.3. The van der Waals surface area contributed by atoms with E-state index in [1.54, 1.807) is 13.1 Å². The van der Waals surface area contributed by atoms with Gasteiger partial charge in [-0.2, -0.15) is 13.2 Å². The number of rotatable bonds is 7. The largest absolute Gasteiger partial charge is 0.390 e. The van der Waals surface area contributed by atoms with E-state index in [0.717, 1.165) is 5.56 Å². The van der Waals surface area contributed by atoms with Crippen LogP contribution in [0.3, 0.4) is 0 Å². The number of hydrogen-bond acceptors (Lipinski definition) is 7. The Balaban J connectivity index is 1.39. The molecular weight excluding hydrogens is 483 g/mol. The lowest BCUT2D eigenvalue weighted by atomic mass is 10.1. The highest BCUT2D eigenvalue weighted by molar-refractivity contribution is 7.99. The Kier molecular flexibility index (Phi) is 7.24. The minimum atomic E-state index is -4.27. The van der Waals surface area contributed by atoms with Crippen molar-refractivity contribution in [2.75, 3.05) is 29.6 Å². The van der Waals surface area contributed by atoms with Crippen LogP contribution in [0, 0.1) is 0 Å². The number of carbonyl (C=O) groups excluding carboxylic acids is 2. The van der Waals surface area contributed by atoms with Gasteiger partial charge in [-0.15, -0.1) is 16.9 Å². The van der Waals surface area contributed by atoms with E-state index in [4.69, 9.17) is 0 Å². The lowest BCUT2D eigenvalue weighted by molar-refractivity contribution is -0.131. The summed E-state index contributed by atoms with van der Waals surface area (Å²) in [4.78, 5) is 36.1. The summed E-state index contributed by atoms with van der Waals surface area (Å²) in [7, 11) is 1.55. The van der Waals surface area contributed by atoms with E-state index >= 15 is 0 Å². The van der Waals surface area contributed by atoms with Gasteiger partial charge in [-0.3, -0.25) is 14.7 Å². The highest BCUT2D eigenvalue weighted by Gasteiger charge is 2.31. The molecule has 2 amide bonds. The molecule has 1 aliphatic rings. The molecule has 1 aliphatic heterocycles. The van der Waals surface area contributed by atoms with E-state index < -0.39 is 24.5 Å². The Morgan fingerprint density at radius 1 is 1.29 bits per heavy atom. The molecule has 1 atom stereocenters. The highest BCUT2D eigenvalue weighted by Crippen LogP contribution is 2.34. The van der Waals surface area contributed by atoms with Crippen LogP contribution < -0.4 is 15.5 Å². The zero-order chi connectivity index (χ0) is 25.0. The Morgan fingerprint density at radius 2 is 2.06 bits per heavy atom. The Hall–Kier alpha value is -3.61. The predicted molar refractivity (Wildman–Crippen MR) is 124 cm³/mol. The van der Waals surface area contributed by atoms with Crippen LogP contribution in [-0.2, 0) is 11.2 Å². The Labute approximate surface area is 202 Å². The van der Waals surface area contributed by atoms with Gasteiger partial charge in [0, 0.05) is 30.7 Å². The van der Waals surface area contributed by atoms with Crippen molar-refractivity contribution >= 4 is 35.1 Å². The second-order valence-electron chi connectivity index (χ2n) is 7.83. The number of pyridine rings is 1. The Bertz CT molecular complexity index is 1200. The molecule has 1 aromatic carbocycles. The van der Waals surface area contributed by atoms with Gasteiger partial charge < -0.3 is 15.5 Å². The van der Waals surface area contributed by atoms with Gasteiger partial charge >= 0.3 is 6.18 Å². The Morgan fingerprint density at radius 3 is 2.80 bits per heavy atom. The average Bonchev–Trinajstić information content (AvgIpc) is 3.25. The fraction of sp³-hybridized carbons (Fsp3) is 0.318. The lowest BCUT2D eigenvalue weighted by Crippen LogP contribution is -2.48. The summed E-state index contributed by atoms with van der Waals surface area (Å²) in [5.74, 6) is -0.0128. The first-order chi connectivity index (χ1) is 16.7. The molecular formula is C22H22F3N7O2S. The first-order valence-electron chi connectivity index (χ1n) is 10.7. The fourth-order valence-corrected chi connectivity index (χ4v) is 4.52. The van der Waals surface area contributed by atoms with E-state index in [2.05, 4.69) is 30.8 Å². The number of halogens is 3. The minimum Gasteiger partial charge on any atom is -0.370 e. The van der Waals surface area contributed by atoms with E-state index in [1.807, 2.05) is 30.3 Å². The summed E-state index contributed by atoms with van der Waals surface area (Å²) in [5, 5.41) is 12.0. The van der Waals surface area contributed by atoms with Crippen molar-refractivity contribution < 1.29 is 22.8 Å². The zero-order valence-corrected chi connectivity index (χ0v) is 19.4. The molecule has 3 heterocycles. The maximum Gasteiger partial charge on any atom is 0.390 e. The number of alkyl halides is 3. The van der Waals surface area contributed by atoms with Crippen molar-refractivity contribution in [3.63, 3.8) is 0 Å². The number of anilines is 2. The van der Waals surface area contributed by atoms with Gasteiger partial charge in [-0.25, -0.2) is 9.97 Å². The molecule has 0 aliphatic carbocycles. The summed E-state index contributed by atoms with van der Waals surface area (Å²) in [6.45, 7) is -0.309. The fourth-order valence-electron chi connectivity index (χ4n) is 3.41. The summed E-state index contributed by atoms with van der Waals surface area (Å²) in [6.07, 6.45) is -3.36. The summed E-state index contributed by atoms with van der Waals surface area (Å²) < 4.78 is 37.2. The van der Waals surface area contributed by atoms with Gasteiger partial charge in [-0.05, 0) is 11.6 Å². The normalized spacial score (nSPS) is 15.9. The van der Waals surface area contributed by atoms with Crippen LogP contribution in [0.25, 0.3) is 0 Å². The molecule has 35 heavy (non-hydrogen) atoms. The van der Waals surface area contributed by atoms with Gasteiger partial charge in [0.1, 0.15) is 17.7 Å². The molecule has 0 saturated heterocycles. The third-order valence-corrected chi connectivity index (χ3v) is 6.35. The number of nitrogens with one attached hydrogen (secondary N) is 3. The molecule has 0 bridgehead atoms. The number of likely N-dealkylation sites (N-methyl/N-ethyl adjacent to an activating group) is 1. The molecule has 184 valence electrons. The number of benzene rings is 1. The molecule has 3 aromatic rings. The number of fused-ring (bicyclic) bond motifs is 1. The van der Waals surface area contributed by atoms with E-state index in [0.29, 0.717) is 22.8 Å². The molecule has 13 heteroatoms. The van der Waals surface area contributed by atoms with Gasteiger partial charge in [0.2, 0.25) is 11.7 Å². The maximum absolute atomic E-state index is 13.0. The number of amides is 2. The monoisotopic (exact) mass is 505 g/mol.